The SMILES string of the molecule is CC(C)CCC[C@@H](C)[C@H]1CC[C@H]2C3CC[C@H]4C[C@@H](O)CC[C@]4(C)[C@H]3CC[C@]12C. The zero-order valence-electron chi connectivity index (χ0n) is 19.6. The molecule has 28 heavy (non-hydrogen) atoms. The molecule has 162 valence electrons. The summed E-state index contributed by atoms with van der Waals surface area (Å²) in [5.41, 5.74) is 1.15. The van der Waals surface area contributed by atoms with Crippen molar-refractivity contribution in [2.45, 2.75) is 118 Å². The standard InChI is InChI=1S/C27H48O/c1-18(2)7-6-8-19(3)23-11-12-24-22-10-9-20-17-21(28)13-15-26(20,4)25(22)14-16-27(23,24)5/h18-25,28H,6-17H2,1-5H3/t19-,20+,21+,22?,23-,24+,25+,26+,27-/m1/s1. The van der Waals surface area contributed by atoms with Crippen molar-refractivity contribution < 1.29 is 5.11 Å². The highest BCUT2D eigenvalue weighted by Gasteiger charge is 2.60. The molecule has 0 saturated heterocycles. The molecule has 0 heterocycles. The van der Waals surface area contributed by atoms with Crippen LogP contribution < -0.4 is 0 Å². The van der Waals surface area contributed by atoms with Gasteiger partial charge in [0, 0.05) is 0 Å². The third-order valence-electron chi connectivity index (χ3n) is 10.8. The molecule has 0 aromatic carbocycles. The quantitative estimate of drug-likeness (QED) is 0.518. The first kappa shape index (κ1) is 21.2. The van der Waals surface area contributed by atoms with Crippen LogP contribution in [0.5, 0.6) is 0 Å². The monoisotopic (exact) mass is 388 g/mol. The van der Waals surface area contributed by atoms with Gasteiger partial charge in [-0.05, 0) is 110 Å². The van der Waals surface area contributed by atoms with Crippen molar-refractivity contribution in [1.82, 2.24) is 0 Å². The molecule has 9 atom stereocenters. The van der Waals surface area contributed by atoms with E-state index in [4.69, 9.17) is 0 Å². The Balaban J connectivity index is 1.46. The summed E-state index contributed by atoms with van der Waals surface area (Å²) in [5.74, 6) is 6.49. The number of rotatable bonds is 5. The van der Waals surface area contributed by atoms with E-state index in [1.54, 1.807) is 0 Å². The van der Waals surface area contributed by atoms with E-state index in [9.17, 15) is 5.11 Å². The van der Waals surface area contributed by atoms with Crippen LogP contribution in [-0.2, 0) is 0 Å². The topological polar surface area (TPSA) is 20.2 Å². The summed E-state index contributed by atoms with van der Waals surface area (Å²) in [4.78, 5) is 0. The fourth-order valence-corrected chi connectivity index (χ4v) is 9.26. The van der Waals surface area contributed by atoms with E-state index in [2.05, 4.69) is 34.6 Å². The van der Waals surface area contributed by atoms with Crippen LogP contribution in [0.1, 0.15) is 112 Å². The fraction of sp³-hybridized carbons (Fsp3) is 1.00. The minimum atomic E-state index is -0.00830. The molecule has 4 fully saturated rings. The second-order valence-electron chi connectivity index (χ2n) is 12.6. The minimum absolute atomic E-state index is 0.00830. The number of fused-ring (bicyclic) bond motifs is 5. The average Bonchev–Trinajstić information content (AvgIpc) is 2.99. The Morgan fingerprint density at radius 1 is 0.821 bits per heavy atom. The van der Waals surface area contributed by atoms with E-state index in [1.807, 2.05) is 0 Å². The Kier molecular flexibility index (Phi) is 5.98. The molecule has 1 unspecified atom stereocenters. The van der Waals surface area contributed by atoms with Gasteiger partial charge >= 0.3 is 0 Å². The van der Waals surface area contributed by atoms with Crippen LogP contribution in [0.3, 0.4) is 0 Å². The maximum atomic E-state index is 10.3. The van der Waals surface area contributed by atoms with Crippen molar-refractivity contribution in [3.05, 3.63) is 0 Å². The van der Waals surface area contributed by atoms with Gasteiger partial charge in [0.1, 0.15) is 0 Å². The molecule has 1 N–H and O–H groups in total. The normalized spacial score (nSPS) is 49.4. The van der Waals surface area contributed by atoms with Crippen molar-refractivity contribution in [1.29, 1.82) is 0 Å². The van der Waals surface area contributed by atoms with Gasteiger partial charge in [0.05, 0.1) is 6.10 Å². The highest BCUT2D eigenvalue weighted by Crippen LogP contribution is 2.68. The van der Waals surface area contributed by atoms with Crippen LogP contribution in [0, 0.1) is 52.3 Å². The molecular formula is C27H48O. The van der Waals surface area contributed by atoms with Gasteiger partial charge in [-0.1, -0.05) is 53.9 Å². The average molecular weight is 389 g/mol. The van der Waals surface area contributed by atoms with Crippen LogP contribution in [0.4, 0.5) is 0 Å². The number of aliphatic hydroxyl groups excluding tert-OH is 1. The Morgan fingerprint density at radius 3 is 2.29 bits per heavy atom. The summed E-state index contributed by atoms with van der Waals surface area (Å²) in [5, 5.41) is 10.3. The lowest BCUT2D eigenvalue weighted by molar-refractivity contribution is -0.129. The Hall–Kier alpha value is -0.0400. The first-order valence-electron chi connectivity index (χ1n) is 12.9. The maximum absolute atomic E-state index is 10.3. The Labute approximate surface area is 175 Å². The summed E-state index contributed by atoms with van der Waals surface area (Å²) in [6.45, 7) is 12.7. The van der Waals surface area contributed by atoms with Crippen LogP contribution in [-0.4, -0.2) is 11.2 Å². The Bertz CT molecular complexity index is 540. The van der Waals surface area contributed by atoms with Gasteiger partial charge in [0.2, 0.25) is 0 Å². The van der Waals surface area contributed by atoms with Gasteiger partial charge in [-0.3, -0.25) is 0 Å². The second-order valence-corrected chi connectivity index (χ2v) is 12.6. The lowest BCUT2D eigenvalue weighted by Gasteiger charge is -2.61. The zero-order chi connectivity index (χ0) is 20.1. The largest absolute Gasteiger partial charge is 0.393 e. The molecule has 1 heteroatoms. The van der Waals surface area contributed by atoms with Crippen molar-refractivity contribution in [2.24, 2.45) is 52.3 Å². The molecule has 1 nitrogen and oxygen atoms in total. The molecular weight excluding hydrogens is 340 g/mol. The lowest BCUT2D eigenvalue weighted by Crippen LogP contribution is -2.54. The highest BCUT2D eigenvalue weighted by molar-refractivity contribution is 5.09. The van der Waals surface area contributed by atoms with Gasteiger partial charge < -0.3 is 5.11 Å². The molecule has 4 aliphatic carbocycles. The highest BCUT2D eigenvalue weighted by atomic mass is 16.3. The van der Waals surface area contributed by atoms with Crippen LogP contribution in [0.15, 0.2) is 0 Å². The molecule has 0 amide bonds. The van der Waals surface area contributed by atoms with Gasteiger partial charge in [-0.25, -0.2) is 0 Å². The lowest BCUT2D eigenvalue weighted by atomic mass is 9.44. The molecule has 0 aromatic rings. The molecule has 0 bridgehead atoms. The fourth-order valence-electron chi connectivity index (χ4n) is 9.26. The predicted octanol–water partition coefficient (Wildman–Crippen LogP) is 7.47. The van der Waals surface area contributed by atoms with Gasteiger partial charge in [0.15, 0.2) is 0 Å². The van der Waals surface area contributed by atoms with Gasteiger partial charge in [0.25, 0.3) is 0 Å². The van der Waals surface area contributed by atoms with E-state index in [-0.39, 0.29) is 6.10 Å². The Morgan fingerprint density at radius 2 is 1.54 bits per heavy atom. The number of hydrogen-bond acceptors (Lipinski definition) is 1. The van der Waals surface area contributed by atoms with E-state index in [1.165, 1.54) is 64.2 Å². The van der Waals surface area contributed by atoms with E-state index >= 15 is 0 Å². The minimum Gasteiger partial charge on any atom is -0.393 e. The van der Waals surface area contributed by atoms with E-state index in [0.717, 1.165) is 54.3 Å². The van der Waals surface area contributed by atoms with Crippen LogP contribution in [0.2, 0.25) is 0 Å². The molecule has 0 aromatic heterocycles. The summed E-state index contributed by atoms with van der Waals surface area (Å²) in [7, 11) is 0. The van der Waals surface area contributed by atoms with Crippen molar-refractivity contribution in [3.63, 3.8) is 0 Å². The molecule has 4 saturated carbocycles. The first-order valence-corrected chi connectivity index (χ1v) is 12.9. The zero-order valence-corrected chi connectivity index (χ0v) is 19.6. The van der Waals surface area contributed by atoms with Crippen molar-refractivity contribution in [2.75, 3.05) is 0 Å². The molecule has 0 spiro atoms. The summed E-state index contributed by atoms with van der Waals surface area (Å²) in [6.07, 6.45) is 16.6. The summed E-state index contributed by atoms with van der Waals surface area (Å²) in [6, 6.07) is 0. The van der Waals surface area contributed by atoms with Crippen molar-refractivity contribution >= 4 is 0 Å². The number of hydrogen-bond donors (Lipinski definition) is 1. The van der Waals surface area contributed by atoms with Gasteiger partial charge in [-0.15, -0.1) is 0 Å². The van der Waals surface area contributed by atoms with Crippen LogP contribution in [0.25, 0.3) is 0 Å². The summed E-state index contributed by atoms with van der Waals surface area (Å²) >= 11 is 0. The van der Waals surface area contributed by atoms with E-state index < -0.39 is 0 Å². The predicted molar refractivity (Wildman–Crippen MR) is 119 cm³/mol. The number of aliphatic hydroxyl groups is 1. The molecule has 4 rings (SSSR count). The molecule has 0 aliphatic heterocycles. The smallest absolute Gasteiger partial charge is 0.0543 e. The molecule has 0 radical (unpaired) electrons. The third kappa shape index (κ3) is 3.50. The molecule has 4 aliphatic rings. The first-order chi connectivity index (χ1) is 13.3. The summed E-state index contributed by atoms with van der Waals surface area (Å²) < 4.78 is 0. The van der Waals surface area contributed by atoms with Crippen LogP contribution >= 0.6 is 0 Å². The maximum Gasteiger partial charge on any atom is 0.0543 e. The van der Waals surface area contributed by atoms with E-state index in [0.29, 0.717) is 10.8 Å². The van der Waals surface area contributed by atoms with Gasteiger partial charge in [-0.2, -0.15) is 0 Å². The second kappa shape index (κ2) is 7.90. The van der Waals surface area contributed by atoms with Crippen molar-refractivity contribution in [3.8, 4) is 0 Å². The third-order valence-corrected chi connectivity index (χ3v) is 10.8.